The molecule has 1 N–H and O–H groups in total. The third-order valence-corrected chi connectivity index (χ3v) is 6.64. The molecular weight excluding hydrogens is 330 g/mol. The summed E-state index contributed by atoms with van der Waals surface area (Å²) in [4.78, 5) is 16.0. The summed E-state index contributed by atoms with van der Waals surface area (Å²) in [7, 11) is 0. The number of aryl methyl sites for hydroxylation is 3. The van der Waals surface area contributed by atoms with E-state index in [0.29, 0.717) is 5.92 Å². The van der Waals surface area contributed by atoms with Crippen molar-refractivity contribution >= 4 is 27.3 Å². The second-order valence-corrected chi connectivity index (χ2v) is 8.12. The maximum Gasteiger partial charge on any atom is 0.264 e. The van der Waals surface area contributed by atoms with Gasteiger partial charge in [0.25, 0.3) is 5.91 Å². The molecule has 0 spiro atoms. The third-order valence-electron chi connectivity index (χ3n) is 5.38. The molecule has 1 saturated heterocycles. The zero-order valence-corrected chi connectivity index (χ0v) is 15.7. The number of H-pyrrole nitrogens is 1. The van der Waals surface area contributed by atoms with Crippen LogP contribution in [0.5, 0.6) is 0 Å². The Kier molecular flexibility index (Phi) is 4.12. The zero-order chi connectivity index (χ0) is 17.6. The summed E-state index contributed by atoms with van der Waals surface area (Å²) < 4.78 is 1.20. The largest absolute Gasteiger partial charge is 0.338 e. The van der Waals surface area contributed by atoms with E-state index in [0.717, 1.165) is 42.1 Å². The number of hydrogen-bond acceptors (Lipinski definition) is 3. The van der Waals surface area contributed by atoms with Crippen molar-refractivity contribution in [3.63, 3.8) is 0 Å². The van der Waals surface area contributed by atoms with Crippen LogP contribution >= 0.6 is 11.3 Å². The average Bonchev–Trinajstić information content (AvgIpc) is 3.18. The molecule has 130 valence electrons. The SMILES string of the molecule is Cc1ccc2sc(C(=O)N3CCC(c4cn[nH]c4C)CC3)c(C)c2c1. The Balaban J connectivity index is 1.53. The first-order valence-corrected chi connectivity index (χ1v) is 9.65. The molecule has 0 bridgehead atoms. The number of aromatic amines is 1. The summed E-state index contributed by atoms with van der Waals surface area (Å²) in [6.07, 6.45) is 3.96. The molecule has 0 radical (unpaired) electrons. The number of benzene rings is 1. The molecule has 3 aromatic rings. The van der Waals surface area contributed by atoms with Crippen molar-refractivity contribution in [1.29, 1.82) is 0 Å². The Morgan fingerprint density at radius 1 is 1.24 bits per heavy atom. The van der Waals surface area contributed by atoms with Crippen molar-refractivity contribution in [2.45, 2.75) is 39.5 Å². The van der Waals surface area contributed by atoms with E-state index in [1.54, 1.807) is 11.3 Å². The Morgan fingerprint density at radius 2 is 2.00 bits per heavy atom. The van der Waals surface area contributed by atoms with E-state index in [9.17, 15) is 4.79 Å². The minimum Gasteiger partial charge on any atom is -0.338 e. The Hall–Kier alpha value is -2.14. The van der Waals surface area contributed by atoms with Gasteiger partial charge in [0, 0.05) is 23.5 Å². The van der Waals surface area contributed by atoms with Crippen molar-refractivity contribution in [2.75, 3.05) is 13.1 Å². The number of hydrogen-bond donors (Lipinski definition) is 1. The van der Waals surface area contributed by atoms with Gasteiger partial charge in [-0.2, -0.15) is 5.10 Å². The molecule has 1 aliphatic heterocycles. The topological polar surface area (TPSA) is 49.0 Å². The van der Waals surface area contributed by atoms with Crippen LogP contribution in [0.4, 0.5) is 0 Å². The van der Waals surface area contributed by atoms with Gasteiger partial charge in [0.05, 0.1) is 11.1 Å². The molecule has 2 aromatic heterocycles. The lowest BCUT2D eigenvalue weighted by Crippen LogP contribution is -2.37. The van der Waals surface area contributed by atoms with Crippen molar-refractivity contribution in [1.82, 2.24) is 15.1 Å². The normalized spacial score (nSPS) is 15.9. The van der Waals surface area contributed by atoms with Crippen LogP contribution in [-0.2, 0) is 0 Å². The highest BCUT2D eigenvalue weighted by atomic mass is 32.1. The zero-order valence-electron chi connectivity index (χ0n) is 14.9. The van der Waals surface area contributed by atoms with Crippen molar-refractivity contribution in [2.24, 2.45) is 0 Å². The average molecular weight is 353 g/mol. The predicted molar refractivity (Wildman–Crippen MR) is 103 cm³/mol. The molecule has 0 unspecified atom stereocenters. The quantitative estimate of drug-likeness (QED) is 0.734. The first-order valence-electron chi connectivity index (χ1n) is 8.83. The fourth-order valence-corrected chi connectivity index (χ4v) is 5.00. The summed E-state index contributed by atoms with van der Waals surface area (Å²) in [5.74, 6) is 0.702. The highest BCUT2D eigenvalue weighted by molar-refractivity contribution is 7.21. The maximum absolute atomic E-state index is 13.1. The van der Waals surface area contributed by atoms with Crippen LogP contribution in [0.25, 0.3) is 10.1 Å². The Labute approximate surface area is 151 Å². The molecule has 1 fully saturated rings. The Bertz CT molecular complexity index is 932. The highest BCUT2D eigenvalue weighted by Gasteiger charge is 2.28. The number of carbonyl (C=O) groups excluding carboxylic acids is 1. The standard InChI is InChI=1S/C20H23N3OS/c1-12-4-5-18-16(10-12)13(2)19(25-18)20(24)23-8-6-15(7-9-23)17-11-21-22-14(17)3/h4-5,10-11,15H,6-9H2,1-3H3,(H,21,22). The van der Waals surface area contributed by atoms with E-state index in [1.165, 1.54) is 21.2 Å². The molecule has 4 rings (SSSR count). The number of carbonyl (C=O) groups is 1. The molecule has 1 amide bonds. The predicted octanol–water partition coefficient (Wildman–Crippen LogP) is 4.57. The summed E-state index contributed by atoms with van der Waals surface area (Å²) in [6, 6.07) is 6.43. The smallest absolute Gasteiger partial charge is 0.264 e. The molecule has 0 aliphatic carbocycles. The number of fused-ring (bicyclic) bond motifs is 1. The molecule has 1 aromatic carbocycles. The van der Waals surface area contributed by atoms with Crippen LogP contribution < -0.4 is 0 Å². The van der Waals surface area contributed by atoms with Gasteiger partial charge in [-0.05, 0) is 62.1 Å². The molecule has 25 heavy (non-hydrogen) atoms. The van der Waals surface area contributed by atoms with Gasteiger partial charge in [0.2, 0.25) is 0 Å². The number of amides is 1. The monoisotopic (exact) mass is 353 g/mol. The lowest BCUT2D eigenvalue weighted by Gasteiger charge is -2.31. The van der Waals surface area contributed by atoms with Gasteiger partial charge in [0.1, 0.15) is 0 Å². The fraction of sp³-hybridized carbons (Fsp3) is 0.400. The highest BCUT2D eigenvalue weighted by Crippen LogP contribution is 2.34. The van der Waals surface area contributed by atoms with Gasteiger partial charge < -0.3 is 4.90 Å². The van der Waals surface area contributed by atoms with E-state index in [-0.39, 0.29) is 5.91 Å². The molecule has 3 heterocycles. The van der Waals surface area contributed by atoms with Crippen LogP contribution in [0.3, 0.4) is 0 Å². The van der Waals surface area contributed by atoms with Gasteiger partial charge in [-0.3, -0.25) is 9.89 Å². The van der Waals surface area contributed by atoms with Gasteiger partial charge >= 0.3 is 0 Å². The van der Waals surface area contributed by atoms with Crippen LogP contribution in [-0.4, -0.2) is 34.1 Å². The number of nitrogens with zero attached hydrogens (tertiary/aromatic N) is 2. The molecular formula is C20H23N3OS. The molecule has 4 nitrogen and oxygen atoms in total. The van der Waals surface area contributed by atoms with E-state index >= 15 is 0 Å². The fourth-order valence-electron chi connectivity index (χ4n) is 3.85. The first kappa shape index (κ1) is 16.3. The number of rotatable bonds is 2. The first-order chi connectivity index (χ1) is 12.0. The second kappa shape index (κ2) is 6.30. The van der Waals surface area contributed by atoms with Gasteiger partial charge in [-0.15, -0.1) is 11.3 Å². The van der Waals surface area contributed by atoms with E-state index in [2.05, 4.69) is 49.2 Å². The number of piperidine rings is 1. The molecule has 1 aliphatic rings. The second-order valence-electron chi connectivity index (χ2n) is 7.07. The van der Waals surface area contributed by atoms with Crippen LogP contribution in [0.2, 0.25) is 0 Å². The molecule has 5 heteroatoms. The lowest BCUT2D eigenvalue weighted by molar-refractivity contribution is 0.0717. The third kappa shape index (κ3) is 2.86. The van der Waals surface area contributed by atoms with Gasteiger partial charge in [0.15, 0.2) is 0 Å². The van der Waals surface area contributed by atoms with Crippen LogP contribution in [0, 0.1) is 20.8 Å². The van der Waals surface area contributed by atoms with E-state index in [4.69, 9.17) is 0 Å². The number of aromatic nitrogens is 2. The summed E-state index contributed by atoms with van der Waals surface area (Å²) in [6.45, 7) is 7.89. The lowest BCUT2D eigenvalue weighted by atomic mass is 9.90. The summed E-state index contributed by atoms with van der Waals surface area (Å²) in [5, 5.41) is 8.38. The number of likely N-dealkylation sites (tertiary alicyclic amines) is 1. The van der Waals surface area contributed by atoms with Crippen molar-refractivity contribution < 1.29 is 4.79 Å². The van der Waals surface area contributed by atoms with Crippen molar-refractivity contribution in [3.05, 3.63) is 51.7 Å². The van der Waals surface area contributed by atoms with Crippen molar-refractivity contribution in [3.8, 4) is 0 Å². The van der Waals surface area contributed by atoms with Gasteiger partial charge in [-0.25, -0.2) is 0 Å². The maximum atomic E-state index is 13.1. The molecule has 0 saturated carbocycles. The van der Waals surface area contributed by atoms with Crippen LogP contribution in [0.1, 0.15) is 50.8 Å². The van der Waals surface area contributed by atoms with E-state index in [1.807, 2.05) is 11.1 Å². The van der Waals surface area contributed by atoms with Crippen LogP contribution in [0.15, 0.2) is 24.4 Å². The van der Waals surface area contributed by atoms with Gasteiger partial charge in [-0.1, -0.05) is 17.7 Å². The number of thiophene rings is 1. The summed E-state index contributed by atoms with van der Waals surface area (Å²) >= 11 is 1.63. The summed E-state index contributed by atoms with van der Waals surface area (Å²) in [5.41, 5.74) is 4.83. The van der Waals surface area contributed by atoms with E-state index < -0.39 is 0 Å². The minimum atomic E-state index is 0.193. The molecule has 0 atom stereocenters. The number of nitrogens with one attached hydrogen (secondary N) is 1. The minimum absolute atomic E-state index is 0.193. The Morgan fingerprint density at radius 3 is 2.68 bits per heavy atom.